The van der Waals surface area contributed by atoms with Gasteiger partial charge in [0.2, 0.25) is 10.0 Å². The molecule has 3 unspecified atom stereocenters. The summed E-state index contributed by atoms with van der Waals surface area (Å²) in [6, 6.07) is 0.153. The summed E-state index contributed by atoms with van der Waals surface area (Å²) in [5.74, 6) is 0.758. The molecule has 1 saturated carbocycles. The topological polar surface area (TPSA) is 92.1 Å². The van der Waals surface area contributed by atoms with Gasteiger partial charge in [-0.2, -0.15) is 9.40 Å². The zero-order valence-electron chi connectivity index (χ0n) is 10.3. The number of rotatable bonds is 2. The Bertz CT molecular complexity index is 553. The molecule has 18 heavy (non-hydrogen) atoms. The van der Waals surface area contributed by atoms with E-state index in [0.717, 1.165) is 12.8 Å². The Labute approximate surface area is 107 Å². The predicted molar refractivity (Wildman–Crippen MR) is 66.3 cm³/mol. The van der Waals surface area contributed by atoms with Gasteiger partial charge in [0.15, 0.2) is 0 Å². The molecule has 100 valence electrons. The van der Waals surface area contributed by atoms with Crippen molar-refractivity contribution in [3.8, 4) is 0 Å². The molecule has 0 aromatic carbocycles. The number of nitrogens with zero attached hydrogens (tertiary/aromatic N) is 2. The Balaban J connectivity index is 1.87. The quantitative estimate of drug-likeness (QED) is 0.796. The van der Waals surface area contributed by atoms with Crippen LogP contribution in [0.25, 0.3) is 0 Å². The highest BCUT2D eigenvalue weighted by molar-refractivity contribution is 7.89. The summed E-state index contributed by atoms with van der Waals surface area (Å²) in [6.07, 6.45) is 3.45. The highest BCUT2D eigenvalue weighted by Gasteiger charge is 2.45. The van der Waals surface area contributed by atoms with Crippen LogP contribution in [0.3, 0.4) is 0 Å². The molecular weight excluding hydrogens is 252 g/mol. The third-order valence-corrected chi connectivity index (χ3v) is 6.23. The number of aryl methyl sites for hydroxylation is 1. The van der Waals surface area contributed by atoms with E-state index in [-0.39, 0.29) is 10.9 Å². The maximum Gasteiger partial charge on any atom is 0.246 e. The molecule has 0 amide bonds. The molecule has 2 fully saturated rings. The van der Waals surface area contributed by atoms with Crippen molar-refractivity contribution in [3.05, 3.63) is 11.9 Å². The largest absolute Gasteiger partial charge is 0.327 e. The van der Waals surface area contributed by atoms with E-state index in [2.05, 4.69) is 10.2 Å². The van der Waals surface area contributed by atoms with Crippen LogP contribution < -0.4 is 5.73 Å². The molecule has 1 aliphatic heterocycles. The number of fused-ring (bicyclic) bond motifs is 1. The molecule has 0 radical (unpaired) electrons. The third kappa shape index (κ3) is 1.69. The molecule has 2 heterocycles. The van der Waals surface area contributed by atoms with Gasteiger partial charge in [0, 0.05) is 19.1 Å². The van der Waals surface area contributed by atoms with E-state index < -0.39 is 10.0 Å². The summed E-state index contributed by atoms with van der Waals surface area (Å²) in [5, 5.41) is 6.47. The lowest BCUT2D eigenvalue weighted by atomic mass is 9.98. The van der Waals surface area contributed by atoms with Crippen molar-refractivity contribution in [2.24, 2.45) is 17.6 Å². The number of nitrogens with two attached hydrogens (primary N) is 1. The molecule has 6 nitrogen and oxygen atoms in total. The molecule has 1 aromatic rings. The van der Waals surface area contributed by atoms with Gasteiger partial charge < -0.3 is 5.73 Å². The smallest absolute Gasteiger partial charge is 0.246 e. The lowest BCUT2D eigenvalue weighted by Crippen LogP contribution is -2.33. The number of aromatic nitrogens is 2. The van der Waals surface area contributed by atoms with Crippen molar-refractivity contribution < 1.29 is 8.42 Å². The first kappa shape index (κ1) is 12.1. The van der Waals surface area contributed by atoms with Crippen LogP contribution in [0.1, 0.15) is 18.5 Å². The van der Waals surface area contributed by atoms with Gasteiger partial charge in [0.05, 0.1) is 11.9 Å². The number of sulfonamides is 1. The zero-order valence-corrected chi connectivity index (χ0v) is 11.2. The molecule has 1 aliphatic carbocycles. The number of nitrogens with one attached hydrogen (secondary N) is 1. The van der Waals surface area contributed by atoms with E-state index >= 15 is 0 Å². The van der Waals surface area contributed by atoms with Crippen molar-refractivity contribution in [1.82, 2.24) is 14.5 Å². The summed E-state index contributed by atoms with van der Waals surface area (Å²) in [5.41, 5.74) is 6.63. The molecular formula is C11H18N4O2S. The second-order valence-corrected chi connectivity index (χ2v) is 7.25. The first-order chi connectivity index (χ1) is 8.50. The van der Waals surface area contributed by atoms with E-state index in [1.165, 1.54) is 6.20 Å². The highest BCUT2D eigenvalue weighted by Crippen LogP contribution is 2.39. The second kappa shape index (κ2) is 4.04. The average Bonchev–Trinajstić information content (AvgIpc) is 2.96. The standard InChI is InChI=1S/C11H18N4O2S/c1-7-11(4-13-14-7)18(16,17)15-5-8-2-3-10(12)9(8)6-15/h4,8-10H,2-3,5-6,12H2,1H3,(H,13,14). The van der Waals surface area contributed by atoms with Crippen molar-refractivity contribution in [2.45, 2.75) is 30.7 Å². The van der Waals surface area contributed by atoms with E-state index in [9.17, 15) is 8.42 Å². The Morgan fingerprint density at radius 2 is 2.22 bits per heavy atom. The van der Waals surface area contributed by atoms with Gasteiger partial charge in [0.25, 0.3) is 0 Å². The maximum atomic E-state index is 12.5. The first-order valence-corrected chi connectivity index (χ1v) is 7.70. The molecule has 3 N–H and O–H groups in total. The summed E-state index contributed by atoms with van der Waals surface area (Å²) < 4.78 is 26.5. The number of aromatic amines is 1. The molecule has 7 heteroatoms. The molecule has 0 spiro atoms. The number of hydrogen-bond acceptors (Lipinski definition) is 4. The van der Waals surface area contributed by atoms with Crippen LogP contribution in [-0.2, 0) is 10.0 Å². The fourth-order valence-electron chi connectivity index (χ4n) is 3.20. The Morgan fingerprint density at radius 3 is 2.83 bits per heavy atom. The van der Waals surface area contributed by atoms with Crippen molar-refractivity contribution in [1.29, 1.82) is 0 Å². The lowest BCUT2D eigenvalue weighted by Gasteiger charge is -2.18. The molecule has 0 bridgehead atoms. The normalized spacial score (nSPS) is 32.9. The van der Waals surface area contributed by atoms with Crippen LogP contribution in [0.2, 0.25) is 0 Å². The fourth-order valence-corrected chi connectivity index (χ4v) is 4.85. The first-order valence-electron chi connectivity index (χ1n) is 6.26. The highest BCUT2D eigenvalue weighted by atomic mass is 32.2. The van der Waals surface area contributed by atoms with Crippen LogP contribution in [0, 0.1) is 18.8 Å². The molecule has 3 rings (SSSR count). The second-order valence-electron chi connectivity index (χ2n) is 5.35. The van der Waals surface area contributed by atoms with Gasteiger partial charge in [0.1, 0.15) is 4.90 Å². The summed E-state index contributed by atoms with van der Waals surface area (Å²) >= 11 is 0. The molecule has 1 aromatic heterocycles. The van der Waals surface area contributed by atoms with Crippen LogP contribution in [0.5, 0.6) is 0 Å². The molecule has 1 saturated heterocycles. The molecule has 2 aliphatic rings. The van der Waals surface area contributed by atoms with E-state index in [1.807, 2.05) is 0 Å². The van der Waals surface area contributed by atoms with Crippen molar-refractivity contribution in [3.63, 3.8) is 0 Å². The number of H-pyrrole nitrogens is 1. The van der Waals surface area contributed by atoms with Gasteiger partial charge in [-0.15, -0.1) is 0 Å². The SMILES string of the molecule is Cc1[nH]ncc1S(=O)(=O)N1CC2CCC(N)C2C1. The fraction of sp³-hybridized carbons (Fsp3) is 0.727. The Hall–Kier alpha value is -0.920. The van der Waals surface area contributed by atoms with Crippen molar-refractivity contribution in [2.75, 3.05) is 13.1 Å². The lowest BCUT2D eigenvalue weighted by molar-refractivity contribution is 0.427. The third-order valence-electron chi connectivity index (χ3n) is 4.28. The van der Waals surface area contributed by atoms with Gasteiger partial charge in [-0.25, -0.2) is 8.42 Å². The maximum absolute atomic E-state index is 12.5. The Morgan fingerprint density at radius 1 is 1.44 bits per heavy atom. The monoisotopic (exact) mass is 270 g/mol. The average molecular weight is 270 g/mol. The summed E-state index contributed by atoms with van der Waals surface area (Å²) in [4.78, 5) is 0.288. The molecule has 3 atom stereocenters. The van der Waals surface area contributed by atoms with E-state index in [4.69, 9.17) is 5.73 Å². The zero-order chi connectivity index (χ0) is 12.9. The minimum absolute atomic E-state index is 0.153. The Kier molecular flexibility index (Phi) is 2.72. The van der Waals surface area contributed by atoms with Crippen LogP contribution in [-0.4, -0.2) is 42.1 Å². The van der Waals surface area contributed by atoms with Crippen LogP contribution >= 0.6 is 0 Å². The number of hydrogen-bond donors (Lipinski definition) is 2. The minimum Gasteiger partial charge on any atom is -0.327 e. The van der Waals surface area contributed by atoms with Crippen molar-refractivity contribution >= 4 is 10.0 Å². The van der Waals surface area contributed by atoms with Crippen LogP contribution in [0.4, 0.5) is 0 Å². The van der Waals surface area contributed by atoms with Gasteiger partial charge in [-0.1, -0.05) is 0 Å². The predicted octanol–water partition coefficient (Wildman–Crippen LogP) is 0.0759. The summed E-state index contributed by atoms with van der Waals surface area (Å²) in [6.45, 7) is 2.88. The van der Waals surface area contributed by atoms with Gasteiger partial charge in [-0.3, -0.25) is 5.10 Å². The van der Waals surface area contributed by atoms with Gasteiger partial charge >= 0.3 is 0 Å². The minimum atomic E-state index is -3.41. The van der Waals surface area contributed by atoms with Crippen LogP contribution in [0.15, 0.2) is 11.1 Å². The summed E-state index contributed by atoms with van der Waals surface area (Å²) in [7, 11) is -3.41. The van der Waals surface area contributed by atoms with E-state index in [0.29, 0.717) is 30.6 Å². The van der Waals surface area contributed by atoms with E-state index in [1.54, 1.807) is 11.2 Å². The van der Waals surface area contributed by atoms with Gasteiger partial charge in [-0.05, 0) is 31.6 Å².